The molecule has 17 heavy (non-hydrogen) atoms. The fourth-order valence-electron chi connectivity index (χ4n) is 2.30. The quantitative estimate of drug-likeness (QED) is 0.721. The lowest BCUT2D eigenvalue weighted by atomic mass is 10.2. The van der Waals surface area contributed by atoms with E-state index in [9.17, 15) is 0 Å². The molecule has 1 aliphatic carbocycles. The summed E-state index contributed by atoms with van der Waals surface area (Å²) in [6, 6.07) is 2.99. The summed E-state index contributed by atoms with van der Waals surface area (Å²) in [6.45, 7) is 2.89. The summed E-state index contributed by atoms with van der Waals surface area (Å²) in [5.74, 6) is 0. The summed E-state index contributed by atoms with van der Waals surface area (Å²) in [6.07, 6.45) is 6.19. The van der Waals surface area contributed by atoms with Crippen molar-refractivity contribution in [3.05, 3.63) is 0 Å². The smallest absolute Gasteiger partial charge is 0.0967 e. The van der Waals surface area contributed by atoms with Crippen LogP contribution in [-0.2, 0) is 4.74 Å². The molecule has 2 rings (SSSR count). The molecule has 96 valence electrons. The molecule has 4 heteroatoms. The van der Waals surface area contributed by atoms with Crippen LogP contribution in [0.1, 0.15) is 32.1 Å². The monoisotopic (exact) mass is 237 g/mol. The van der Waals surface area contributed by atoms with Crippen molar-refractivity contribution in [2.45, 2.75) is 50.3 Å². The highest BCUT2D eigenvalue weighted by atomic mass is 16.5. The van der Waals surface area contributed by atoms with E-state index in [0.29, 0.717) is 12.1 Å². The summed E-state index contributed by atoms with van der Waals surface area (Å²) < 4.78 is 5.61. The fraction of sp³-hybridized carbons (Fsp3) is 0.923. The second-order valence-corrected chi connectivity index (χ2v) is 5.31. The van der Waals surface area contributed by atoms with Crippen molar-refractivity contribution in [3.8, 4) is 6.07 Å². The minimum absolute atomic E-state index is 0.0226. The first kappa shape index (κ1) is 12.8. The van der Waals surface area contributed by atoms with Crippen LogP contribution < -0.4 is 5.32 Å². The Kier molecular flexibility index (Phi) is 4.78. The van der Waals surface area contributed by atoms with Crippen LogP contribution in [0.25, 0.3) is 0 Å². The number of ether oxygens (including phenoxy) is 1. The van der Waals surface area contributed by atoms with Gasteiger partial charge in [0.15, 0.2) is 0 Å². The maximum atomic E-state index is 9.04. The highest BCUT2D eigenvalue weighted by molar-refractivity contribution is 4.96. The van der Waals surface area contributed by atoms with Crippen LogP contribution in [0.2, 0.25) is 0 Å². The van der Waals surface area contributed by atoms with E-state index in [1.165, 1.54) is 25.7 Å². The Bertz CT molecular complexity index is 266. The predicted molar refractivity (Wildman–Crippen MR) is 66.6 cm³/mol. The van der Waals surface area contributed by atoms with E-state index < -0.39 is 0 Å². The van der Waals surface area contributed by atoms with E-state index in [0.717, 1.165) is 26.1 Å². The van der Waals surface area contributed by atoms with Crippen LogP contribution in [0.4, 0.5) is 0 Å². The second kappa shape index (κ2) is 6.34. The van der Waals surface area contributed by atoms with Gasteiger partial charge in [0.1, 0.15) is 0 Å². The third-order valence-electron chi connectivity index (χ3n) is 3.51. The van der Waals surface area contributed by atoms with E-state index >= 15 is 0 Å². The molecule has 2 fully saturated rings. The van der Waals surface area contributed by atoms with Gasteiger partial charge < -0.3 is 9.64 Å². The highest BCUT2D eigenvalue weighted by Crippen LogP contribution is 2.20. The van der Waals surface area contributed by atoms with E-state index in [1.54, 1.807) is 0 Å². The minimum atomic E-state index is 0.0226. The zero-order valence-electron chi connectivity index (χ0n) is 10.7. The number of nitriles is 1. The predicted octanol–water partition coefficient (Wildman–Crippen LogP) is 1.13. The Hall–Kier alpha value is -0.630. The molecule has 1 aliphatic heterocycles. The summed E-state index contributed by atoms with van der Waals surface area (Å²) >= 11 is 0. The first-order chi connectivity index (χ1) is 8.28. The molecule has 0 aromatic carbocycles. The maximum Gasteiger partial charge on any atom is 0.0967 e. The largest absolute Gasteiger partial charge is 0.377 e. The molecular formula is C13H23N3O. The van der Waals surface area contributed by atoms with Crippen molar-refractivity contribution in [1.82, 2.24) is 10.2 Å². The van der Waals surface area contributed by atoms with Crippen molar-refractivity contribution in [2.24, 2.45) is 0 Å². The van der Waals surface area contributed by atoms with E-state index in [-0.39, 0.29) is 6.04 Å². The van der Waals surface area contributed by atoms with Crippen molar-refractivity contribution in [3.63, 3.8) is 0 Å². The molecule has 0 bridgehead atoms. The molecule has 2 aliphatic rings. The van der Waals surface area contributed by atoms with Gasteiger partial charge in [-0.1, -0.05) is 0 Å². The van der Waals surface area contributed by atoms with Gasteiger partial charge in [0, 0.05) is 25.7 Å². The molecule has 1 N–H and O–H groups in total. The number of rotatable bonds is 7. The molecule has 0 aromatic heterocycles. The fourth-order valence-corrected chi connectivity index (χ4v) is 2.30. The first-order valence-electron chi connectivity index (χ1n) is 6.73. The SMILES string of the molecule is CN(CCC(C#N)NC1CC1)CC1CCCO1. The summed E-state index contributed by atoms with van der Waals surface area (Å²) in [4.78, 5) is 2.29. The highest BCUT2D eigenvalue weighted by Gasteiger charge is 2.24. The van der Waals surface area contributed by atoms with Gasteiger partial charge in [-0.3, -0.25) is 5.32 Å². The number of hydrogen-bond acceptors (Lipinski definition) is 4. The van der Waals surface area contributed by atoms with Gasteiger partial charge >= 0.3 is 0 Å². The third kappa shape index (κ3) is 4.63. The molecule has 1 saturated carbocycles. The van der Waals surface area contributed by atoms with E-state index in [4.69, 9.17) is 10.00 Å². The van der Waals surface area contributed by atoms with Crippen LogP contribution in [-0.4, -0.2) is 49.8 Å². The molecule has 0 spiro atoms. The van der Waals surface area contributed by atoms with Crippen LogP contribution in [0.15, 0.2) is 0 Å². The molecular weight excluding hydrogens is 214 g/mol. The summed E-state index contributed by atoms with van der Waals surface area (Å²) in [7, 11) is 2.12. The lowest BCUT2D eigenvalue weighted by Crippen LogP contribution is -2.35. The molecule has 2 unspecified atom stereocenters. The Labute approximate surface area is 104 Å². The average Bonchev–Trinajstić information content (AvgIpc) is 3.00. The standard InChI is InChI=1S/C13H23N3O/c1-16(10-13-3-2-8-17-13)7-6-12(9-14)15-11-4-5-11/h11-13,15H,2-8,10H2,1H3. The van der Waals surface area contributed by atoms with Gasteiger partial charge in [0.2, 0.25) is 0 Å². The topological polar surface area (TPSA) is 48.3 Å². The van der Waals surface area contributed by atoms with Crippen molar-refractivity contribution in [1.29, 1.82) is 5.26 Å². The van der Waals surface area contributed by atoms with Gasteiger partial charge in [-0.05, 0) is 39.2 Å². The maximum absolute atomic E-state index is 9.04. The first-order valence-corrected chi connectivity index (χ1v) is 6.73. The molecule has 0 amide bonds. The Morgan fingerprint density at radius 1 is 1.47 bits per heavy atom. The van der Waals surface area contributed by atoms with Gasteiger partial charge in [-0.25, -0.2) is 0 Å². The van der Waals surface area contributed by atoms with Gasteiger partial charge in [0.25, 0.3) is 0 Å². The van der Waals surface area contributed by atoms with E-state index in [2.05, 4.69) is 23.3 Å². The van der Waals surface area contributed by atoms with Gasteiger partial charge in [-0.15, -0.1) is 0 Å². The van der Waals surface area contributed by atoms with Crippen molar-refractivity contribution < 1.29 is 4.74 Å². The molecule has 4 nitrogen and oxygen atoms in total. The molecule has 0 aromatic rings. The lowest BCUT2D eigenvalue weighted by molar-refractivity contribution is 0.0805. The lowest BCUT2D eigenvalue weighted by Gasteiger charge is -2.21. The van der Waals surface area contributed by atoms with Gasteiger partial charge in [0.05, 0.1) is 18.2 Å². The Morgan fingerprint density at radius 2 is 2.29 bits per heavy atom. The molecule has 0 radical (unpaired) electrons. The second-order valence-electron chi connectivity index (χ2n) is 5.31. The van der Waals surface area contributed by atoms with Crippen molar-refractivity contribution >= 4 is 0 Å². The van der Waals surface area contributed by atoms with E-state index in [1.807, 2.05) is 0 Å². The zero-order valence-corrected chi connectivity index (χ0v) is 10.7. The minimum Gasteiger partial charge on any atom is -0.377 e. The van der Waals surface area contributed by atoms with Crippen LogP contribution >= 0.6 is 0 Å². The zero-order chi connectivity index (χ0) is 12.1. The van der Waals surface area contributed by atoms with Crippen LogP contribution in [0.5, 0.6) is 0 Å². The third-order valence-corrected chi connectivity index (χ3v) is 3.51. The number of hydrogen-bond donors (Lipinski definition) is 1. The average molecular weight is 237 g/mol. The number of nitrogens with zero attached hydrogens (tertiary/aromatic N) is 2. The van der Waals surface area contributed by atoms with Crippen LogP contribution in [0, 0.1) is 11.3 Å². The Morgan fingerprint density at radius 3 is 2.88 bits per heavy atom. The number of likely N-dealkylation sites (N-methyl/N-ethyl adjacent to an activating group) is 1. The van der Waals surface area contributed by atoms with Crippen LogP contribution in [0.3, 0.4) is 0 Å². The summed E-state index contributed by atoms with van der Waals surface area (Å²) in [5.41, 5.74) is 0. The summed E-state index contributed by atoms with van der Waals surface area (Å²) in [5, 5.41) is 12.4. The molecule has 2 atom stereocenters. The normalized spacial score (nSPS) is 26.1. The van der Waals surface area contributed by atoms with Gasteiger partial charge in [-0.2, -0.15) is 5.26 Å². The van der Waals surface area contributed by atoms with Crippen molar-refractivity contribution in [2.75, 3.05) is 26.7 Å². The molecule has 1 heterocycles. The Balaban J connectivity index is 1.60. The molecule has 1 saturated heterocycles. The number of nitrogens with one attached hydrogen (secondary N) is 1.